The Balaban J connectivity index is 2.01. The maximum Gasteiger partial charge on any atom is 0.211 e. The molecule has 0 aromatic carbocycles. The van der Waals surface area contributed by atoms with Gasteiger partial charge in [0.1, 0.15) is 11.5 Å². The Kier molecular flexibility index (Phi) is 4.56. The molecule has 0 radical (unpaired) electrons. The predicted octanol–water partition coefficient (Wildman–Crippen LogP) is 1.96. The monoisotopic (exact) mass is 300 g/mol. The van der Waals surface area contributed by atoms with Gasteiger partial charge in [-0.2, -0.15) is 0 Å². The first-order valence-corrected chi connectivity index (χ1v) is 8.90. The third kappa shape index (κ3) is 3.62. The second-order valence-corrected chi connectivity index (χ2v) is 7.82. The molecule has 1 saturated heterocycles. The van der Waals surface area contributed by atoms with E-state index in [4.69, 9.17) is 10.2 Å². The number of piperidine rings is 1. The van der Waals surface area contributed by atoms with Crippen LogP contribution in [0, 0.1) is 19.8 Å². The predicted molar refractivity (Wildman–Crippen MR) is 78.9 cm³/mol. The van der Waals surface area contributed by atoms with Crippen LogP contribution in [0.2, 0.25) is 0 Å². The van der Waals surface area contributed by atoms with Crippen molar-refractivity contribution in [3.8, 4) is 0 Å². The zero-order valence-corrected chi connectivity index (χ0v) is 13.2. The molecule has 2 unspecified atom stereocenters. The quantitative estimate of drug-likeness (QED) is 0.922. The van der Waals surface area contributed by atoms with Gasteiger partial charge in [-0.3, -0.25) is 0 Å². The summed E-state index contributed by atoms with van der Waals surface area (Å²) in [6, 6.07) is 1.90. The fraction of sp³-hybridized carbons (Fsp3) is 0.714. The Hall–Kier alpha value is -0.850. The first-order valence-electron chi connectivity index (χ1n) is 7.05. The lowest BCUT2D eigenvalue weighted by molar-refractivity contribution is 0.246. The molecule has 2 N–H and O–H groups in total. The minimum atomic E-state index is -3.09. The van der Waals surface area contributed by atoms with E-state index in [0.29, 0.717) is 19.0 Å². The third-order valence-corrected chi connectivity index (χ3v) is 5.29. The first kappa shape index (κ1) is 15.5. The van der Waals surface area contributed by atoms with Gasteiger partial charge < -0.3 is 10.2 Å². The summed E-state index contributed by atoms with van der Waals surface area (Å²) in [5, 5.41) is 0. The van der Waals surface area contributed by atoms with Crippen LogP contribution < -0.4 is 5.73 Å². The van der Waals surface area contributed by atoms with Crippen LogP contribution in [0.15, 0.2) is 10.5 Å². The van der Waals surface area contributed by atoms with Crippen LogP contribution in [0.5, 0.6) is 0 Å². The number of hydrogen-bond donors (Lipinski definition) is 1. The van der Waals surface area contributed by atoms with Gasteiger partial charge in [0.05, 0.1) is 6.26 Å². The van der Waals surface area contributed by atoms with Crippen molar-refractivity contribution in [2.45, 2.75) is 39.2 Å². The molecule has 1 aromatic heterocycles. The van der Waals surface area contributed by atoms with Crippen molar-refractivity contribution in [1.82, 2.24) is 4.31 Å². The smallest absolute Gasteiger partial charge is 0.211 e. The summed E-state index contributed by atoms with van der Waals surface area (Å²) in [4.78, 5) is 0. The normalized spacial score (nSPS) is 22.9. The molecule has 5 nitrogen and oxygen atoms in total. The maximum atomic E-state index is 11.6. The van der Waals surface area contributed by atoms with E-state index in [9.17, 15) is 8.42 Å². The molecule has 20 heavy (non-hydrogen) atoms. The van der Waals surface area contributed by atoms with Gasteiger partial charge in [0.2, 0.25) is 10.0 Å². The van der Waals surface area contributed by atoms with Crippen LogP contribution in [0.25, 0.3) is 0 Å². The van der Waals surface area contributed by atoms with Gasteiger partial charge in [-0.25, -0.2) is 12.7 Å². The highest BCUT2D eigenvalue weighted by molar-refractivity contribution is 7.88. The number of rotatable bonds is 4. The average Bonchev–Trinajstić information content (AvgIpc) is 2.68. The topological polar surface area (TPSA) is 76.5 Å². The second kappa shape index (κ2) is 5.87. The van der Waals surface area contributed by atoms with Crippen LogP contribution in [-0.4, -0.2) is 32.1 Å². The SMILES string of the molecule is Cc1cc(C(N)CC2CCCN(S(C)(=O)=O)C2)c(C)o1. The van der Waals surface area contributed by atoms with Gasteiger partial charge >= 0.3 is 0 Å². The van der Waals surface area contributed by atoms with Gasteiger partial charge in [0, 0.05) is 24.7 Å². The van der Waals surface area contributed by atoms with E-state index in [0.717, 1.165) is 36.3 Å². The van der Waals surface area contributed by atoms with E-state index in [-0.39, 0.29) is 6.04 Å². The summed E-state index contributed by atoms with van der Waals surface area (Å²) >= 11 is 0. The van der Waals surface area contributed by atoms with Crippen molar-refractivity contribution in [2.75, 3.05) is 19.3 Å². The number of nitrogens with two attached hydrogens (primary N) is 1. The van der Waals surface area contributed by atoms with Gasteiger partial charge in [0.15, 0.2) is 0 Å². The highest BCUT2D eigenvalue weighted by Crippen LogP contribution is 2.29. The molecule has 0 spiro atoms. The van der Waals surface area contributed by atoms with E-state index in [1.54, 1.807) is 4.31 Å². The van der Waals surface area contributed by atoms with Gasteiger partial charge in [0.25, 0.3) is 0 Å². The minimum absolute atomic E-state index is 0.0861. The van der Waals surface area contributed by atoms with Crippen molar-refractivity contribution >= 4 is 10.0 Å². The Morgan fingerprint density at radius 2 is 2.20 bits per heavy atom. The highest BCUT2D eigenvalue weighted by atomic mass is 32.2. The lowest BCUT2D eigenvalue weighted by Gasteiger charge is -2.32. The van der Waals surface area contributed by atoms with E-state index in [2.05, 4.69) is 0 Å². The summed E-state index contributed by atoms with van der Waals surface area (Å²) in [6.45, 7) is 5.05. The van der Waals surface area contributed by atoms with Crippen LogP contribution in [0.4, 0.5) is 0 Å². The molecule has 0 amide bonds. The summed E-state index contributed by atoms with van der Waals surface area (Å²) in [5.41, 5.74) is 7.31. The standard InChI is InChI=1S/C14H24N2O3S/c1-10-7-13(11(2)19-10)14(15)8-12-5-4-6-16(9-12)20(3,17)18/h7,12,14H,4-6,8-9,15H2,1-3H3. The third-order valence-electron chi connectivity index (χ3n) is 4.02. The van der Waals surface area contributed by atoms with Crippen molar-refractivity contribution in [1.29, 1.82) is 0 Å². The fourth-order valence-corrected chi connectivity index (χ4v) is 3.97. The summed E-state index contributed by atoms with van der Waals surface area (Å²) in [7, 11) is -3.09. The summed E-state index contributed by atoms with van der Waals surface area (Å²) < 4.78 is 30.3. The van der Waals surface area contributed by atoms with E-state index >= 15 is 0 Å². The Bertz CT molecular complexity index is 565. The zero-order chi connectivity index (χ0) is 14.9. The number of aryl methyl sites for hydroxylation is 2. The second-order valence-electron chi connectivity index (χ2n) is 5.84. The molecule has 1 aliphatic heterocycles. The molecule has 6 heteroatoms. The summed E-state index contributed by atoms with van der Waals surface area (Å²) in [6.07, 6.45) is 4.02. The summed E-state index contributed by atoms with van der Waals surface area (Å²) in [5.74, 6) is 2.06. The molecule has 1 aromatic rings. The molecule has 0 bridgehead atoms. The molecule has 1 aliphatic rings. The van der Waals surface area contributed by atoms with Crippen molar-refractivity contribution < 1.29 is 12.8 Å². The van der Waals surface area contributed by atoms with Crippen LogP contribution >= 0.6 is 0 Å². The van der Waals surface area contributed by atoms with Gasteiger partial charge in [-0.15, -0.1) is 0 Å². The largest absolute Gasteiger partial charge is 0.466 e. The molecule has 2 heterocycles. The molecule has 114 valence electrons. The molecule has 2 rings (SSSR count). The lowest BCUT2D eigenvalue weighted by Crippen LogP contribution is -2.40. The van der Waals surface area contributed by atoms with E-state index in [1.807, 2.05) is 19.9 Å². The van der Waals surface area contributed by atoms with Crippen molar-refractivity contribution in [3.05, 3.63) is 23.2 Å². The first-order chi connectivity index (χ1) is 9.27. The van der Waals surface area contributed by atoms with Gasteiger partial charge in [-0.05, 0) is 45.1 Å². The van der Waals surface area contributed by atoms with Crippen LogP contribution in [0.3, 0.4) is 0 Å². The Morgan fingerprint density at radius 3 is 2.75 bits per heavy atom. The maximum absolute atomic E-state index is 11.6. The number of nitrogens with zero attached hydrogens (tertiary/aromatic N) is 1. The molecule has 0 aliphatic carbocycles. The molecular formula is C14H24N2O3S. The molecular weight excluding hydrogens is 276 g/mol. The zero-order valence-electron chi connectivity index (χ0n) is 12.4. The Morgan fingerprint density at radius 1 is 1.50 bits per heavy atom. The average molecular weight is 300 g/mol. The lowest BCUT2D eigenvalue weighted by atomic mass is 9.90. The fourth-order valence-electron chi connectivity index (χ4n) is 3.03. The highest BCUT2D eigenvalue weighted by Gasteiger charge is 2.27. The van der Waals surface area contributed by atoms with Gasteiger partial charge in [-0.1, -0.05) is 0 Å². The van der Waals surface area contributed by atoms with Crippen molar-refractivity contribution in [2.24, 2.45) is 11.7 Å². The number of furan rings is 1. The Labute approximate surface area is 121 Å². The van der Waals surface area contributed by atoms with Crippen LogP contribution in [-0.2, 0) is 10.0 Å². The van der Waals surface area contributed by atoms with E-state index in [1.165, 1.54) is 6.26 Å². The number of sulfonamides is 1. The van der Waals surface area contributed by atoms with Crippen LogP contribution in [0.1, 0.15) is 42.4 Å². The number of hydrogen-bond acceptors (Lipinski definition) is 4. The molecule has 2 atom stereocenters. The minimum Gasteiger partial charge on any atom is -0.466 e. The molecule has 1 fully saturated rings. The van der Waals surface area contributed by atoms with E-state index < -0.39 is 10.0 Å². The van der Waals surface area contributed by atoms with Crippen molar-refractivity contribution in [3.63, 3.8) is 0 Å². The molecule has 0 saturated carbocycles.